The average Bonchev–Trinajstić information content (AvgIpc) is 3.17. The van der Waals surface area contributed by atoms with Gasteiger partial charge in [0, 0.05) is 34.4 Å². The molecule has 0 saturated carbocycles. The number of methoxy groups -OCH3 is 1. The molecule has 0 aliphatic carbocycles. The first-order valence-corrected chi connectivity index (χ1v) is 10.2. The molecular formula is C25H24N4O3. The van der Waals surface area contributed by atoms with E-state index in [2.05, 4.69) is 21.7 Å². The zero-order valence-electron chi connectivity index (χ0n) is 17.6. The summed E-state index contributed by atoms with van der Waals surface area (Å²) >= 11 is 0. The first-order valence-electron chi connectivity index (χ1n) is 10.2. The Morgan fingerprint density at radius 3 is 2.22 bits per heavy atom. The van der Waals surface area contributed by atoms with Gasteiger partial charge in [0.05, 0.1) is 7.11 Å². The predicted molar refractivity (Wildman–Crippen MR) is 127 cm³/mol. The number of benzene rings is 3. The number of carbonyl (C=O) groups excluding carboxylic acids is 2. The molecule has 0 unspecified atom stereocenters. The molecule has 3 amide bonds. The predicted octanol–water partition coefficient (Wildman–Crippen LogP) is 4.91. The molecule has 32 heavy (non-hydrogen) atoms. The lowest BCUT2D eigenvalue weighted by Gasteiger charge is -2.09. The molecule has 7 nitrogen and oxygen atoms in total. The monoisotopic (exact) mass is 428 g/mol. The molecule has 1 heterocycles. The van der Waals surface area contributed by atoms with E-state index >= 15 is 0 Å². The number of urea groups is 1. The third-order valence-electron chi connectivity index (χ3n) is 5.23. The van der Waals surface area contributed by atoms with E-state index in [4.69, 9.17) is 10.5 Å². The van der Waals surface area contributed by atoms with Gasteiger partial charge in [-0.1, -0.05) is 18.2 Å². The van der Waals surface area contributed by atoms with Crippen LogP contribution in [0.2, 0.25) is 0 Å². The Hall–Kier alpha value is -4.26. The number of fused-ring (bicyclic) bond motifs is 1. The Kier molecular flexibility index (Phi) is 6.07. The lowest BCUT2D eigenvalue weighted by molar-refractivity contribution is -0.116. The van der Waals surface area contributed by atoms with Crippen molar-refractivity contribution in [2.24, 2.45) is 5.73 Å². The number of anilines is 2. The summed E-state index contributed by atoms with van der Waals surface area (Å²) in [4.78, 5) is 27.0. The van der Waals surface area contributed by atoms with Crippen LogP contribution in [0, 0.1) is 0 Å². The molecule has 0 aliphatic heterocycles. The van der Waals surface area contributed by atoms with Crippen LogP contribution in [0.4, 0.5) is 16.2 Å². The molecule has 7 heteroatoms. The fourth-order valence-electron chi connectivity index (χ4n) is 3.70. The number of amides is 3. The molecule has 0 radical (unpaired) electrons. The van der Waals surface area contributed by atoms with Gasteiger partial charge in [0.1, 0.15) is 5.75 Å². The molecule has 0 saturated heterocycles. The van der Waals surface area contributed by atoms with Gasteiger partial charge in [-0.05, 0) is 72.1 Å². The fraction of sp³-hybridized carbons (Fsp3) is 0.120. The molecule has 162 valence electrons. The SMILES string of the molecule is COc1ccc(-c2[nH]c3ccccc3c2CCC(=O)Nc2ccc(NC(N)=O)cc2)cc1. The minimum Gasteiger partial charge on any atom is -0.497 e. The smallest absolute Gasteiger partial charge is 0.316 e. The van der Waals surface area contributed by atoms with Crippen molar-refractivity contribution in [2.75, 3.05) is 17.7 Å². The van der Waals surface area contributed by atoms with Gasteiger partial charge in [-0.15, -0.1) is 0 Å². The number of aromatic amines is 1. The number of aromatic nitrogens is 1. The van der Waals surface area contributed by atoms with Gasteiger partial charge >= 0.3 is 6.03 Å². The van der Waals surface area contributed by atoms with Crippen LogP contribution in [0.25, 0.3) is 22.2 Å². The van der Waals surface area contributed by atoms with Crippen molar-refractivity contribution in [1.82, 2.24) is 4.98 Å². The average molecular weight is 428 g/mol. The van der Waals surface area contributed by atoms with Crippen LogP contribution in [-0.4, -0.2) is 24.0 Å². The zero-order chi connectivity index (χ0) is 22.5. The number of para-hydroxylation sites is 1. The van der Waals surface area contributed by atoms with Gasteiger partial charge in [-0.25, -0.2) is 4.79 Å². The molecule has 0 bridgehead atoms. The number of aryl methyl sites for hydroxylation is 1. The number of ether oxygens (including phenoxy) is 1. The molecule has 0 spiro atoms. The number of nitrogens with two attached hydrogens (primary N) is 1. The van der Waals surface area contributed by atoms with E-state index in [-0.39, 0.29) is 5.91 Å². The molecule has 0 atom stereocenters. The maximum absolute atomic E-state index is 12.6. The van der Waals surface area contributed by atoms with Crippen LogP contribution in [0.1, 0.15) is 12.0 Å². The Labute approximate surface area is 185 Å². The highest BCUT2D eigenvalue weighted by molar-refractivity contribution is 5.94. The minimum atomic E-state index is -0.631. The summed E-state index contributed by atoms with van der Waals surface area (Å²) in [5.41, 5.74) is 10.5. The van der Waals surface area contributed by atoms with Crippen molar-refractivity contribution in [3.63, 3.8) is 0 Å². The van der Waals surface area contributed by atoms with Crippen molar-refractivity contribution >= 4 is 34.2 Å². The standard InChI is InChI=1S/C25H24N4O3/c1-32-19-12-6-16(7-13-19)24-21(20-4-2-3-5-22(20)29-24)14-15-23(30)27-17-8-10-18(11-9-17)28-25(26)31/h2-13,29H,14-15H2,1H3,(H,27,30)(H3,26,28,31). The lowest BCUT2D eigenvalue weighted by atomic mass is 10.0. The topological polar surface area (TPSA) is 109 Å². The van der Waals surface area contributed by atoms with Gasteiger partial charge in [-0.3, -0.25) is 4.79 Å². The molecule has 5 N–H and O–H groups in total. The molecule has 4 rings (SSSR count). The number of H-pyrrole nitrogens is 1. The van der Waals surface area contributed by atoms with E-state index in [9.17, 15) is 9.59 Å². The highest BCUT2D eigenvalue weighted by atomic mass is 16.5. The summed E-state index contributed by atoms with van der Waals surface area (Å²) in [6.45, 7) is 0. The largest absolute Gasteiger partial charge is 0.497 e. The third-order valence-corrected chi connectivity index (χ3v) is 5.23. The Morgan fingerprint density at radius 2 is 1.56 bits per heavy atom. The Morgan fingerprint density at radius 1 is 0.906 bits per heavy atom. The molecule has 3 aromatic carbocycles. The normalized spacial score (nSPS) is 10.7. The van der Waals surface area contributed by atoms with Crippen LogP contribution >= 0.6 is 0 Å². The number of hydrogen-bond acceptors (Lipinski definition) is 3. The van der Waals surface area contributed by atoms with Crippen LogP contribution < -0.4 is 21.1 Å². The van der Waals surface area contributed by atoms with E-state index < -0.39 is 6.03 Å². The molecule has 0 fully saturated rings. The lowest BCUT2D eigenvalue weighted by Crippen LogP contribution is -2.19. The summed E-state index contributed by atoms with van der Waals surface area (Å²) in [5, 5.41) is 6.49. The molecule has 4 aromatic rings. The summed E-state index contributed by atoms with van der Waals surface area (Å²) < 4.78 is 5.27. The van der Waals surface area contributed by atoms with E-state index in [0.717, 1.165) is 33.5 Å². The maximum atomic E-state index is 12.6. The van der Waals surface area contributed by atoms with Crippen molar-refractivity contribution in [2.45, 2.75) is 12.8 Å². The minimum absolute atomic E-state index is 0.0911. The number of primary amides is 1. The summed E-state index contributed by atoms with van der Waals surface area (Å²) in [6, 6.07) is 22.1. The van der Waals surface area contributed by atoms with Gasteiger partial charge in [-0.2, -0.15) is 0 Å². The number of nitrogens with one attached hydrogen (secondary N) is 3. The second-order valence-corrected chi connectivity index (χ2v) is 7.37. The van der Waals surface area contributed by atoms with E-state index in [1.54, 1.807) is 31.4 Å². The van der Waals surface area contributed by atoms with Crippen molar-refractivity contribution in [1.29, 1.82) is 0 Å². The Balaban J connectivity index is 1.50. The highest BCUT2D eigenvalue weighted by Gasteiger charge is 2.15. The summed E-state index contributed by atoms with van der Waals surface area (Å²) in [7, 11) is 1.64. The van der Waals surface area contributed by atoms with E-state index in [0.29, 0.717) is 24.2 Å². The summed E-state index contributed by atoms with van der Waals surface area (Å²) in [5.74, 6) is 0.703. The van der Waals surface area contributed by atoms with Crippen LogP contribution in [0.5, 0.6) is 5.75 Å². The van der Waals surface area contributed by atoms with Gasteiger partial charge in [0.2, 0.25) is 5.91 Å². The fourth-order valence-corrected chi connectivity index (χ4v) is 3.70. The van der Waals surface area contributed by atoms with Gasteiger partial charge in [0.15, 0.2) is 0 Å². The van der Waals surface area contributed by atoms with Crippen molar-refractivity contribution in [3.8, 4) is 17.0 Å². The van der Waals surface area contributed by atoms with Crippen LogP contribution in [0.3, 0.4) is 0 Å². The van der Waals surface area contributed by atoms with Crippen LogP contribution in [-0.2, 0) is 11.2 Å². The van der Waals surface area contributed by atoms with Gasteiger partial charge < -0.3 is 26.1 Å². The van der Waals surface area contributed by atoms with E-state index in [1.165, 1.54) is 0 Å². The van der Waals surface area contributed by atoms with Crippen molar-refractivity contribution in [3.05, 3.63) is 78.4 Å². The van der Waals surface area contributed by atoms with Crippen molar-refractivity contribution < 1.29 is 14.3 Å². The Bertz CT molecular complexity index is 1240. The quantitative estimate of drug-likeness (QED) is 0.336. The zero-order valence-corrected chi connectivity index (χ0v) is 17.6. The second-order valence-electron chi connectivity index (χ2n) is 7.37. The second kappa shape index (κ2) is 9.26. The number of hydrogen-bond donors (Lipinski definition) is 4. The molecule has 1 aromatic heterocycles. The van der Waals surface area contributed by atoms with E-state index in [1.807, 2.05) is 42.5 Å². The maximum Gasteiger partial charge on any atom is 0.316 e. The number of rotatable bonds is 7. The molecular weight excluding hydrogens is 404 g/mol. The summed E-state index contributed by atoms with van der Waals surface area (Å²) in [6.07, 6.45) is 0.908. The first-order chi connectivity index (χ1) is 15.5. The highest BCUT2D eigenvalue weighted by Crippen LogP contribution is 2.32. The van der Waals surface area contributed by atoms with Gasteiger partial charge in [0.25, 0.3) is 0 Å². The molecule has 0 aliphatic rings. The van der Waals surface area contributed by atoms with Crippen LogP contribution in [0.15, 0.2) is 72.8 Å². The first kappa shape index (κ1) is 21.0. The number of carbonyl (C=O) groups is 2. The third kappa shape index (κ3) is 4.73.